The first kappa shape index (κ1) is 17.8. The maximum Gasteiger partial charge on any atom is 0.394 e. The van der Waals surface area contributed by atoms with Crippen LogP contribution in [-0.4, -0.2) is 26.0 Å². The fourth-order valence-electron chi connectivity index (χ4n) is 2.48. The van der Waals surface area contributed by atoms with E-state index in [0.29, 0.717) is 11.3 Å². The van der Waals surface area contributed by atoms with E-state index >= 15 is 0 Å². The summed E-state index contributed by atoms with van der Waals surface area (Å²) in [4.78, 5) is 16.1. The molecule has 1 heterocycles. The third-order valence-corrected chi connectivity index (χ3v) is 4.53. The quantitative estimate of drug-likeness (QED) is 0.689. The van der Waals surface area contributed by atoms with Crippen LogP contribution in [0, 0.1) is 0 Å². The van der Waals surface area contributed by atoms with E-state index in [0.717, 1.165) is 0 Å². The van der Waals surface area contributed by atoms with E-state index in [2.05, 4.69) is 4.98 Å². The molecule has 2 N–H and O–H groups in total. The number of sulfonamides is 1. The molecule has 0 bridgehead atoms. The number of oxazole rings is 1. The number of carbonyl (C=O) groups excluding carboxylic acids is 1. The SMILES string of the molecule is CCOC(=O)c1nc(-c2ccccc2)c(-c2ccccc2S(N)(=O)=O)o1. The van der Waals surface area contributed by atoms with Crippen molar-refractivity contribution in [3.05, 3.63) is 60.5 Å². The summed E-state index contributed by atoms with van der Waals surface area (Å²) in [7, 11) is -4.01. The monoisotopic (exact) mass is 372 g/mol. The van der Waals surface area contributed by atoms with Crippen LogP contribution in [0.4, 0.5) is 0 Å². The van der Waals surface area contributed by atoms with E-state index < -0.39 is 16.0 Å². The lowest BCUT2D eigenvalue weighted by atomic mass is 10.1. The van der Waals surface area contributed by atoms with Gasteiger partial charge in [-0.25, -0.2) is 23.3 Å². The van der Waals surface area contributed by atoms with Crippen molar-refractivity contribution >= 4 is 16.0 Å². The van der Waals surface area contributed by atoms with Gasteiger partial charge in [0.25, 0.3) is 0 Å². The molecule has 0 radical (unpaired) electrons. The van der Waals surface area contributed by atoms with Gasteiger partial charge in [-0.2, -0.15) is 0 Å². The maximum atomic E-state index is 12.0. The van der Waals surface area contributed by atoms with Crippen molar-refractivity contribution in [1.82, 2.24) is 4.98 Å². The molecule has 3 aromatic rings. The second-order valence-corrected chi connectivity index (χ2v) is 6.85. The number of esters is 1. The molecular weight excluding hydrogens is 356 g/mol. The fourth-order valence-corrected chi connectivity index (χ4v) is 3.21. The molecule has 0 atom stereocenters. The number of rotatable bonds is 5. The van der Waals surface area contributed by atoms with Crippen LogP contribution in [0.1, 0.15) is 17.6 Å². The molecule has 7 nitrogen and oxygen atoms in total. The Morgan fingerprint density at radius 3 is 2.42 bits per heavy atom. The maximum absolute atomic E-state index is 12.0. The van der Waals surface area contributed by atoms with Crippen molar-refractivity contribution in [3.8, 4) is 22.6 Å². The lowest BCUT2D eigenvalue weighted by Gasteiger charge is -2.06. The highest BCUT2D eigenvalue weighted by molar-refractivity contribution is 7.89. The van der Waals surface area contributed by atoms with Crippen molar-refractivity contribution < 1.29 is 22.4 Å². The zero-order chi connectivity index (χ0) is 18.7. The molecule has 134 valence electrons. The number of benzene rings is 2. The predicted molar refractivity (Wildman–Crippen MR) is 94.7 cm³/mol. The van der Waals surface area contributed by atoms with Crippen LogP contribution in [0.3, 0.4) is 0 Å². The van der Waals surface area contributed by atoms with Gasteiger partial charge in [0.15, 0.2) is 5.76 Å². The Hall–Kier alpha value is -2.97. The van der Waals surface area contributed by atoms with Gasteiger partial charge in [-0.3, -0.25) is 0 Å². The minimum Gasteiger partial charge on any atom is -0.459 e. The van der Waals surface area contributed by atoms with Crippen LogP contribution in [-0.2, 0) is 14.8 Å². The molecular formula is C18H16N2O5S. The average Bonchev–Trinajstić information content (AvgIpc) is 3.07. The van der Waals surface area contributed by atoms with Gasteiger partial charge in [0, 0.05) is 11.1 Å². The van der Waals surface area contributed by atoms with Crippen LogP contribution in [0.25, 0.3) is 22.6 Å². The van der Waals surface area contributed by atoms with Gasteiger partial charge in [0.1, 0.15) is 5.69 Å². The van der Waals surface area contributed by atoms with Crippen molar-refractivity contribution in [3.63, 3.8) is 0 Å². The molecule has 0 aliphatic rings. The summed E-state index contributed by atoms with van der Waals surface area (Å²) in [5, 5.41) is 5.32. The Kier molecular flexibility index (Phi) is 4.88. The van der Waals surface area contributed by atoms with Crippen LogP contribution >= 0.6 is 0 Å². The molecule has 26 heavy (non-hydrogen) atoms. The molecule has 0 unspecified atom stereocenters. The molecule has 0 amide bonds. The van der Waals surface area contributed by atoms with Gasteiger partial charge in [-0.05, 0) is 19.1 Å². The third-order valence-electron chi connectivity index (χ3n) is 3.56. The van der Waals surface area contributed by atoms with E-state index in [1.54, 1.807) is 49.4 Å². The summed E-state index contributed by atoms with van der Waals surface area (Å²) in [6.45, 7) is 1.82. The zero-order valence-electron chi connectivity index (χ0n) is 13.9. The van der Waals surface area contributed by atoms with Crippen LogP contribution in [0.2, 0.25) is 0 Å². The highest BCUT2D eigenvalue weighted by Gasteiger charge is 2.25. The molecule has 0 saturated carbocycles. The zero-order valence-corrected chi connectivity index (χ0v) is 14.7. The average molecular weight is 372 g/mol. The number of hydrogen-bond donors (Lipinski definition) is 1. The van der Waals surface area contributed by atoms with E-state index in [-0.39, 0.29) is 28.7 Å². The van der Waals surface area contributed by atoms with Crippen molar-refractivity contribution in [2.75, 3.05) is 6.61 Å². The van der Waals surface area contributed by atoms with Gasteiger partial charge < -0.3 is 9.15 Å². The second-order valence-electron chi connectivity index (χ2n) is 5.32. The normalized spacial score (nSPS) is 11.3. The van der Waals surface area contributed by atoms with Crippen molar-refractivity contribution in [2.24, 2.45) is 5.14 Å². The summed E-state index contributed by atoms with van der Waals surface area (Å²) < 4.78 is 34.4. The minimum absolute atomic E-state index is 0.122. The van der Waals surface area contributed by atoms with E-state index in [4.69, 9.17) is 14.3 Å². The Labute approximate surface area is 150 Å². The number of carbonyl (C=O) groups is 1. The second kappa shape index (κ2) is 7.11. The number of ether oxygens (including phenoxy) is 1. The Morgan fingerprint density at radius 1 is 1.12 bits per heavy atom. The van der Waals surface area contributed by atoms with Crippen LogP contribution < -0.4 is 5.14 Å². The fraction of sp³-hybridized carbons (Fsp3) is 0.111. The molecule has 1 aromatic heterocycles. The van der Waals surface area contributed by atoms with Crippen LogP contribution in [0.5, 0.6) is 0 Å². The largest absolute Gasteiger partial charge is 0.459 e. The molecule has 2 aromatic carbocycles. The number of aromatic nitrogens is 1. The first-order valence-corrected chi connectivity index (χ1v) is 9.32. The summed E-state index contributed by atoms with van der Waals surface area (Å²) >= 11 is 0. The highest BCUT2D eigenvalue weighted by atomic mass is 32.2. The lowest BCUT2D eigenvalue weighted by Crippen LogP contribution is -2.13. The number of primary sulfonamides is 1. The smallest absolute Gasteiger partial charge is 0.394 e. The van der Waals surface area contributed by atoms with Crippen molar-refractivity contribution in [1.29, 1.82) is 0 Å². The van der Waals surface area contributed by atoms with Crippen molar-refractivity contribution in [2.45, 2.75) is 11.8 Å². The van der Waals surface area contributed by atoms with Gasteiger partial charge in [0.05, 0.1) is 11.5 Å². The molecule has 0 aliphatic heterocycles. The summed E-state index contributed by atoms with van der Waals surface area (Å²) in [5.74, 6) is -0.863. The van der Waals surface area contributed by atoms with E-state index in [1.165, 1.54) is 6.07 Å². The van der Waals surface area contributed by atoms with Gasteiger partial charge in [-0.15, -0.1) is 0 Å². The topological polar surface area (TPSA) is 112 Å². The standard InChI is InChI=1S/C18H16N2O5S/c1-2-24-18(21)17-20-15(12-8-4-3-5-9-12)16(25-17)13-10-6-7-11-14(13)26(19,22)23/h3-11H,2H2,1H3,(H2,19,22,23). The molecule has 0 saturated heterocycles. The Morgan fingerprint density at radius 2 is 1.77 bits per heavy atom. The lowest BCUT2D eigenvalue weighted by molar-refractivity contribution is 0.0482. The predicted octanol–water partition coefficient (Wildman–Crippen LogP) is 2.83. The van der Waals surface area contributed by atoms with Gasteiger partial charge in [0.2, 0.25) is 10.0 Å². The minimum atomic E-state index is -4.01. The van der Waals surface area contributed by atoms with Crippen LogP contribution in [0.15, 0.2) is 63.9 Å². The van der Waals surface area contributed by atoms with E-state index in [9.17, 15) is 13.2 Å². The van der Waals surface area contributed by atoms with E-state index in [1.807, 2.05) is 6.07 Å². The first-order chi connectivity index (χ1) is 12.4. The van der Waals surface area contributed by atoms with Gasteiger partial charge >= 0.3 is 11.9 Å². The Balaban J connectivity index is 2.26. The summed E-state index contributed by atoms with van der Waals surface area (Å²) in [6, 6.07) is 15.1. The Bertz CT molecular complexity index is 1040. The van der Waals surface area contributed by atoms with Gasteiger partial charge in [-0.1, -0.05) is 42.5 Å². The molecule has 0 fully saturated rings. The molecule has 0 spiro atoms. The molecule has 8 heteroatoms. The summed E-state index contributed by atoms with van der Waals surface area (Å²) in [6.07, 6.45) is 0. The molecule has 0 aliphatic carbocycles. The first-order valence-electron chi connectivity index (χ1n) is 7.77. The summed E-state index contributed by atoms with van der Waals surface area (Å²) in [5.41, 5.74) is 1.20. The molecule has 3 rings (SSSR count). The third kappa shape index (κ3) is 3.51. The number of nitrogens with zero attached hydrogens (tertiary/aromatic N) is 1. The number of hydrogen-bond acceptors (Lipinski definition) is 6. The number of nitrogens with two attached hydrogens (primary N) is 1. The highest BCUT2D eigenvalue weighted by Crippen LogP contribution is 2.36.